The van der Waals surface area contributed by atoms with Gasteiger partial charge in [-0.05, 0) is 68.7 Å². The molecule has 2 aromatic heterocycles. The number of anilines is 1. The number of nitrogens with one attached hydrogen (secondary N) is 1. The zero-order valence-electron chi connectivity index (χ0n) is 16.2. The first-order chi connectivity index (χ1) is 14.2. The van der Waals surface area contributed by atoms with Gasteiger partial charge < -0.3 is 14.4 Å². The highest BCUT2D eigenvalue weighted by Crippen LogP contribution is 2.31. The van der Waals surface area contributed by atoms with E-state index in [1.54, 1.807) is 0 Å². The second kappa shape index (κ2) is 7.10. The van der Waals surface area contributed by atoms with Crippen LogP contribution < -0.4 is 4.90 Å². The number of hydrogen-bond donors (Lipinski definition) is 1. The van der Waals surface area contributed by atoms with Crippen LogP contribution in [0.5, 0.6) is 0 Å². The van der Waals surface area contributed by atoms with Gasteiger partial charge in [-0.2, -0.15) is 10.2 Å². The normalized spacial score (nSPS) is 16.8. The molecule has 1 N–H and O–H groups in total. The van der Waals surface area contributed by atoms with Gasteiger partial charge in [0, 0.05) is 40.8 Å². The summed E-state index contributed by atoms with van der Waals surface area (Å²) in [4.78, 5) is 10.1. The van der Waals surface area contributed by atoms with Crippen LogP contribution in [0.4, 0.5) is 5.69 Å². The average Bonchev–Trinajstić information content (AvgIpc) is 3.43. The Balaban J connectivity index is 1.47. The lowest BCUT2D eigenvalue weighted by Crippen LogP contribution is -2.37. The smallest absolute Gasteiger partial charge is 0.258 e. The zero-order chi connectivity index (χ0) is 19.8. The molecule has 0 radical (unpaired) electrons. The van der Waals surface area contributed by atoms with Crippen molar-refractivity contribution in [3.8, 4) is 28.9 Å². The summed E-state index contributed by atoms with van der Waals surface area (Å²) < 4.78 is 5.51. The Hall–Kier alpha value is -3.59. The number of aromatic nitrogens is 3. The van der Waals surface area contributed by atoms with Gasteiger partial charge in [-0.25, -0.2) is 0 Å². The largest absolute Gasteiger partial charge is 0.368 e. The van der Waals surface area contributed by atoms with E-state index in [0.29, 0.717) is 23.3 Å². The fourth-order valence-electron chi connectivity index (χ4n) is 4.12. The monoisotopic (exact) mass is 383 g/mol. The predicted octanol–water partition coefficient (Wildman–Crippen LogP) is 5.14. The molecule has 6 heteroatoms. The average molecular weight is 383 g/mol. The molecule has 1 saturated heterocycles. The summed E-state index contributed by atoms with van der Waals surface area (Å²) in [7, 11) is 0. The molecule has 0 amide bonds. The van der Waals surface area contributed by atoms with Gasteiger partial charge in [0.05, 0.1) is 11.3 Å². The summed E-state index contributed by atoms with van der Waals surface area (Å²) in [6.45, 7) is 3.21. The number of nitriles is 1. The molecule has 5 rings (SSSR count). The highest BCUT2D eigenvalue weighted by atomic mass is 16.5. The van der Waals surface area contributed by atoms with Crippen molar-refractivity contribution >= 4 is 16.6 Å². The molecule has 2 aromatic carbocycles. The third kappa shape index (κ3) is 3.15. The van der Waals surface area contributed by atoms with E-state index in [-0.39, 0.29) is 0 Å². The quantitative estimate of drug-likeness (QED) is 0.530. The molecule has 1 unspecified atom stereocenters. The molecule has 29 heavy (non-hydrogen) atoms. The first-order valence-electron chi connectivity index (χ1n) is 9.95. The van der Waals surface area contributed by atoms with Gasteiger partial charge in [0.2, 0.25) is 5.82 Å². The second-order valence-corrected chi connectivity index (χ2v) is 7.58. The van der Waals surface area contributed by atoms with Gasteiger partial charge in [0.15, 0.2) is 0 Å². The zero-order valence-corrected chi connectivity index (χ0v) is 16.2. The molecule has 0 bridgehead atoms. The van der Waals surface area contributed by atoms with E-state index < -0.39 is 0 Å². The molecule has 1 fully saturated rings. The van der Waals surface area contributed by atoms with Crippen molar-refractivity contribution in [2.75, 3.05) is 11.4 Å². The van der Waals surface area contributed by atoms with E-state index in [1.165, 1.54) is 6.42 Å². The highest BCUT2D eigenvalue weighted by Gasteiger charge is 2.22. The third-order valence-corrected chi connectivity index (χ3v) is 5.71. The summed E-state index contributed by atoms with van der Waals surface area (Å²) in [5.74, 6) is 0.958. The van der Waals surface area contributed by atoms with Crippen molar-refractivity contribution in [1.82, 2.24) is 15.1 Å². The van der Waals surface area contributed by atoms with Gasteiger partial charge in [0.25, 0.3) is 5.89 Å². The fourth-order valence-corrected chi connectivity index (χ4v) is 4.12. The van der Waals surface area contributed by atoms with Crippen molar-refractivity contribution in [1.29, 1.82) is 5.26 Å². The summed E-state index contributed by atoms with van der Waals surface area (Å²) in [6.07, 6.45) is 5.47. The lowest BCUT2D eigenvalue weighted by atomic mass is 10.0. The molecule has 0 saturated carbocycles. The highest BCUT2D eigenvalue weighted by molar-refractivity contribution is 5.84. The number of benzene rings is 2. The number of nitrogens with zero attached hydrogens (tertiary/aromatic N) is 4. The first kappa shape index (κ1) is 17.5. The molecule has 4 aromatic rings. The lowest BCUT2D eigenvalue weighted by Gasteiger charge is -2.36. The molecule has 1 aliphatic rings. The van der Waals surface area contributed by atoms with Crippen molar-refractivity contribution in [2.45, 2.75) is 32.2 Å². The van der Waals surface area contributed by atoms with Crippen LogP contribution in [0.3, 0.4) is 0 Å². The Morgan fingerprint density at radius 3 is 2.90 bits per heavy atom. The maximum absolute atomic E-state index is 9.72. The van der Waals surface area contributed by atoms with Gasteiger partial charge in [-0.3, -0.25) is 0 Å². The molecule has 6 nitrogen and oxygen atoms in total. The number of H-pyrrole nitrogens is 1. The van der Waals surface area contributed by atoms with Crippen LogP contribution in [-0.4, -0.2) is 27.7 Å². The van der Waals surface area contributed by atoms with E-state index in [2.05, 4.69) is 33.0 Å². The van der Waals surface area contributed by atoms with E-state index in [4.69, 9.17) is 4.52 Å². The standard InChI is InChI=1S/C23H21N5O/c1-15-4-2-3-11-28(15)21-8-6-18(13-19(21)14-24)23-26-22(27-29-23)17-5-7-20-16(12-17)9-10-25-20/h5-10,12-13,15,25H,2-4,11H2,1H3. The minimum Gasteiger partial charge on any atom is -0.368 e. The summed E-state index contributed by atoms with van der Waals surface area (Å²) in [5, 5.41) is 15.0. The Morgan fingerprint density at radius 2 is 2.03 bits per heavy atom. The molecular formula is C23H21N5O. The number of rotatable bonds is 3. The molecule has 1 atom stereocenters. The van der Waals surface area contributed by atoms with E-state index >= 15 is 0 Å². The topological polar surface area (TPSA) is 81.7 Å². The van der Waals surface area contributed by atoms with Gasteiger partial charge in [-0.15, -0.1) is 0 Å². The second-order valence-electron chi connectivity index (χ2n) is 7.58. The molecule has 0 aliphatic carbocycles. The van der Waals surface area contributed by atoms with Crippen molar-refractivity contribution in [2.24, 2.45) is 0 Å². The van der Waals surface area contributed by atoms with Crippen LogP contribution in [0.2, 0.25) is 0 Å². The van der Waals surface area contributed by atoms with Crippen LogP contribution >= 0.6 is 0 Å². The first-order valence-corrected chi connectivity index (χ1v) is 9.95. The molecule has 3 heterocycles. The number of fused-ring (bicyclic) bond motifs is 1. The van der Waals surface area contributed by atoms with Crippen molar-refractivity contribution in [3.05, 3.63) is 54.2 Å². The Labute approximate surface area is 168 Å². The molecular weight excluding hydrogens is 362 g/mol. The Morgan fingerprint density at radius 1 is 1.14 bits per heavy atom. The van der Waals surface area contributed by atoms with E-state index in [0.717, 1.165) is 47.1 Å². The van der Waals surface area contributed by atoms with Gasteiger partial charge in [0.1, 0.15) is 6.07 Å². The van der Waals surface area contributed by atoms with Gasteiger partial charge >= 0.3 is 0 Å². The Kier molecular flexibility index (Phi) is 4.28. The van der Waals surface area contributed by atoms with Crippen LogP contribution in [0.25, 0.3) is 33.7 Å². The summed E-state index contributed by atoms with van der Waals surface area (Å²) in [5.41, 5.74) is 4.35. The van der Waals surface area contributed by atoms with E-state index in [1.807, 2.05) is 48.7 Å². The maximum atomic E-state index is 9.72. The molecule has 144 valence electrons. The number of hydrogen-bond acceptors (Lipinski definition) is 5. The summed E-state index contributed by atoms with van der Waals surface area (Å²) in [6, 6.07) is 16.6. The van der Waals surface area contributed by atoms with Crippen molar-refractivity contribution in [3.63, 3.8) is 0 Å². The number of piperidine rings is 1. The predicted molar refractivity (Wildman–Crippen MR) is 112 cm³/mol. The van der Waals surface area contributed by atoms with Crippen LogP contribution in [-0.2, 0) is 0 Å². The van der Waals surface area contributed by atoms with Crippen molar-refractivity contribution < 1.29 is 4.52 Å². The number of aromatic amines is 1. The van der Waals surface area contributed by atoms with E-state index in [9.17, 15) is 5.26 Å². The maximum Gasteiger partial charge on any atom is 0.258 e. The van der Waals surface area contributed by atoms with Crippen LogP contribution in [0.15, 0.2) is 53.2 Å². The minimum atomic E-state index is 0.420. The Bertz CT molecular complexity index is 1220. The third-order valence-electron chi connectivity index (χ3n) is 5.71. The lowest BCUT2D eigenvalue weighted by molar-refractivity contribution is 0.432. The van der Waals surface area contributed by atoms with Crippen LogP contribution in [0.1, 0.15) is 31.7 Å². The summed E-state index contributed by atoms with van der Waals surface area (Å²) >= 11 is 0. The van der Waals surface area contributed by atoms with Crippen LogP contribution in [0, 0.1) is 11.3 Å². The molecule has 0 spiro atoms. The fraction of sp³-hybridized carbons (Fsp3) is 0.261. The molecule has 1 aliphatic heterocycles. The van der Waals surface area contributed by atoms with Gasteiger partial charge in [-0.1, -0.05) is 5.16 Å². The minimum absolute atomic E-state index is 0.420. The SMILES string of the molecule is CC1CCCCN1c1ccc(-c2nc(-c3ccc4[nH]ccc4c3)no2)cc1C#N.